The number of carbonyl (C=O) groups is 2. The highest BCUT2D eigenvalue weighted by atomic mass is 19.1. The van der Waals surface area contributed by atoms with Crippen LogP contribution in [0.1, 0.15) is 27.1 Å². The Morgan fingerprint density at radius 3 is 2.03 bits per heavy atom. The van der Waals surface area contributed by atoms with Crippen LogP contribution in [0.5, 0.6) is 11.5 Å². The molecule has 3 aromatic rings. The van der Waals surface area contributed by atoms with Crippen LogP contribution in [-0.2, 0) is 0 Å². The minimum atomic E-state index is -0.374. The van der Waals surface area contributed by atoms with Crippen LogP contribution in [0, 0.1) is 5.82 Å². The molecule has 1 aliphatic rings. The quantitative estimate of drug-likeness (QED) is 0.622. The fraction of sp³-hybridized carbons (Fsp3) is 0.200. The Hall–Kier alpha value is -3.67. The first kappa shape index (κ1) is 20.6. The maximum absolute atomic E-state index is 13.2. The van der Waals surface area contributed by atoms with Gasteiger partial charge in [-0.25, -0.2) is 4.39 Å². The number of benzene rings is 3. The minimum Gasteiger partial charge on any atom is -0.457 e. The Kier molecular flexibility index (Phi) is 6.26. The Morgan fingerprint density at radius 1 is 0.710 bits per heavy atom. The van der Waals surface area contributed by atoms with E-state index in [0.717, 1.165) is 0 Å². The largest absolute Gasteiger partial charge is 0.457 e. The molecule has 1 fully saturated rings. The molecule has 0 atom stereocenters. The molecule has 0 radical (unpaired) electrons. The number of ether oxygens (including phenoxy) is 1. The molecule has 4 rings (SSSR count). The number of rotatable bonds is 4. The van der Waals surface area contributed by atoms with Gasteiger partial charge in [0.2, 0.25) is 0 Å². The molecule has 31 heavy (non-hydrogen) atoms. The SMILES string of the molecule is O=C(c1ccc(F)cc1)N1CCCN(C(=O)c2ccccc2Oc2ccccc2)CC1. The second kappa shape index (κ2) is 9.43. The molecule has 0 aliphatic carbocycles. The molecule has 1 heterocycles. The van der Waals surface area contributed by atoms with E-state index >= 15 is 0 Å². The van der Waals surface area contributed by atoms with E-state index in [-0.39, 0.29) is 17.6 Å². The summed E-state index contributed by atoms with van der Waals surface area (Å²) in [5.41, 5.74) is 0.937. The van der Waals surface area contributed by atoms with Gasteiger partial charge < -0.3 is 14.5 Å². The number of nitrogens with zero attached hydrogens (tertiary/aromatic N) is 2. The lowest BCUT2D eigenvalue weighted by Crippen LogP contribution is -2.37. The third kappa shape index (κ3) is 4.91. The van der Waals surface area contributed by atoms with E-state index in [2.05, 4.69) is 0 Å². The first-order valence-corrected chi connectivity index (χ1v) is 10.3. The summed E-state index contributed by atoms with van der Waals surface area (Å²) >= 11 is 0. The molecule has 0 bridgehead atoms. The van der Waals surface area contributed by atoms with E-state index < -0.39 is 0 Å². The molecule has 0 spiro atoms. The predicted molar refractivity (Wildman–Crippen MR) is 116 cm³/mol. The summed E-state index contributed by atoms with van der Waals surface area (Å²) in [6.45, 7) is 1.93. The first-order chi connectivity index (χ1) is 15.1. The Balaban J connectivity index is 1.46. The second-order valence-electron chi connectivity index (χ2n) is 7.36. The molecule has 2 amide bonds. The van der Waals surface area contributed by atoms with Crippen LogP contribution in [0.3, 0.4) is 0 Å². The summed E-state index contributed by atoms with van der Waals surface area (Å²) in [5, 5.41) is 0. The first-order valence-electron chi connectivity index (χ1n) is 10.3. The zero-order chi connectivity index (χ0) is 21.6. The van der Waals surface area contributed by atoms with Gasteiger partial charge in [-0.2, -0.15) is 0 Å². The smallest absolute Gasteiger partial charge is 0.257 e. The van der Waals surface area contributed by atoms with Crippen molar-refractivity contribution in [1.29, 1.82) is 0 Å². The van der Waals surface area contributed by atoms with E-state index in [0.29, 0.717) is 55.2 Å². The van der Waals surface area contributed by atoms with Gasteiger partial charge in [0.1, 0.15) is 17.3 Å². The van der Waals surface area contributed by atoms with Crippen molar-refractivity contribution in [2.24, 2.45) is 0 Å². The van der Waals surface area contributed by atoms with Gasteiger partial charge in [0, 0.05) is 31.7 Å². The Bertz CT molecular complexity index is 1050. The van der Waals surface area contributed by atoms with Crippen LogP contribution < -0.4 is 4.74 Å². The number of amides is 2. The topological polar surface area (TPSA) is 49.9 Å². The zero-order valence-corrected chi connectivity index (χ0v) is 17.0. The van der Waals surface area contributed by atoms with E-state index in [1.807, 2.05) is 42.5 Å². The second-order valence-corrected chi connectivity index (χ2v) is 7.36. The molecule has 5 nitrogen and oxygen atoms in total. The third-order valence-electron chi connectivity index (χ3n) is 5.25. The lowest BCUT2D eigenvalue weighted by molar-refractivity contribution is 0.0717. The molecule has 0 saturated carbocycles. The lowest BCUT2D eigenvalue weighted by atomic mass is 10.1. The van der Waals surface area contributed by atoms with Crippen molar-refractivity contribution in [3.63, 3.8) is 0 Å². The number of hydrogen-bond donors (Lipinski definition) is 0. The molecule has 0 aromatic heterocycles. The van der Waals surface area contributed by atoms with Gasteiger partial charge in [0.05, 0.1) is 5.56 Å². The van der Waals surface area contributed by atoms with Gasteiger partial charge in [0.15, 0.2) is 0 Å². The molecule has 6 heteroatoms. The average molecular weight is 418 g/mol. The molecule has 158 valence electrons. The highest BCUT2D eigenvalue weighted by Crippen LogP contribution is 2.26. The predicted octanol–water partition coefficient (Wildman–Crippen LogP) is 4.61. The molecule has 1 aliphatic heterocycles. The van der Waals surface area contributed by atoms with Gasteiger partial charge >= 0.3 is 0 Å². The van der Waals surface area contributed by atoms with Gasteiger partial charge in [-0.1, -0.05) is 30.3 Å². The van der Waals surface area contributed by atoms with Gasteiger partial charge in [0.25, 0.3) is 11.8 Å². The van der Waals surface area contributed by atoms with Crippen LogP contribution in [0.2, 0.25) is 0 Å². The van der Waals surface area contributed by atoms with Gasteiger partial charge in [-0.15, -0.1) is 0 Å². The minimum absolute atomic E-state index is 0.123. The third-order valence-corrected chi connectivity index (χ3v) is 5.25. The van der Waals surface area contributed by atoms with E-state index in [1.165, 1.54) is 24.3 Å². The molecular weight excluding hydrogens is 395 g/mol. The van der Waals surface area contributed by atoms with Crippen molar-refractivity contribution in [3.05, 3.63) is 95.8 Å². The molecule has 0 unspecified atom stereocenters. The summed E-state index contributed by atoms with van der Waals surface area (Å²) in [6.07, 6.45) is 0.667. The molecule has 0 N–H and O–H groups in total. The maximum Gasteiger partial charge on any atom is 0.257 e. The summed E-state index contributed by atoms with van der Waals surface area (Å²) in [6, 6.07) is 22.1. The lowest BCUT2D eigenvalue weighted by Gasteiger charge is -2.23. The monoisotopic (exact) mass is 418 g/mol. The zero-order valence-electron chi connectivity index (χ0n) is 17.0. The van der Waals surface area contributed by atoms with Gasteiger partial charge in [-0.05, 0) is 55.0 Å². The van der Waals surface area contributed by atoms with Crippen molar-refractivity contribution in [2.75, 3.05) is 26.2 Å². The Labute approximate surface area is 180 Å². The van der Waals surface area contributed by atoms with Crippen LogP contribution in [0.25, 0.3) is 0 Å². The van der Waals surface area contributed by atoms with E-state index in [4.69, 9.17) is 4.74 Å². The highest BCUT2D eigenvalue weighted by molar-refractivity contribution is 5.97. The summed E-state index contributed by atoms with van der Waals surface area (Å²) in [5.74, 6) is 0.516. The summed E-state index contributed by atoms with van der Waals surface area (Å²) in [4.78, 5) is 29.5. The van der Waals surface area contributed by atoms with Crippen LogP contribution in [0.15, 0.2) is 78.9 Å². The molecule has 1 saturated heterocycles. The summed E-state index contributed by atoms with van der Waals surface area (Å²) in [7, 11) is 0. The molecular formula is C25H23FN2O3. The Morgan fingerprint density at radius 2 is 1.32 bits per heavy atom. The van der Waals surface area contributed by atoms with Gasteiger partial charge in [-0.3, -0.25) is 9.59 Å². The van der Waals surface area contributed by atoms with Crippen molar-refractivity contribution >= 4 is 11.8 Å². The number of para-hydroxylation sites is 2. The van der Waals surface area contributed by atoms with Crippen molar-refractivity contribution < 1.29 is 18.7 Å². The van der Waals surface area contributed by atoms with Crippen molar-refractivity contribution in [3.8, 4) is 11.5 Å². The fourth-order valence-corrected chi connectivity index (χ4v) is 3.62. The number of halogens is 1. The van der Waals surface area contributed by atoms with Crippen LogP contribution in [-0.4, -0.2) is 47.8 Å². The van der Waals surface area contributed by atoms with E-state index in [9.17, 15) is 14.0 Å². The normalized spacial score (nSPS) is 14.1. The maximum atomic E-state index is 13.2. The summed E-state index contributed by atoms with van der Waals surface area (Å²) < 4.78 is 19.1. The van der Waals surface area contributed by atoms with E-state index in [1.54, 1.807) is 21.9 Å². The van der Waals surface area contributed by atoms with Crippen LogP contribution in [0.4, 0.5) is 4.39 Å². The fourth-order valence-electron chi connectivity index (χ4n) is 3.62. The van der Waals surface area contributed by atoms with Crippen molar-refractivity contribution in [2.45, 2.75) is 6.42 Å². The number of carbonyl (C=O) groups excluding carboxylic acids is 2. The average Bonchev–Trinajstić information content (AvgIpc) is 3.06. The molecule has 3 aromatic carbocycles. The number of hydrogen-bond acceptors (Lipinski definition) is 3. The standard InChI is InChI=1S/C25H23FN2O3/c26-20-13-11-19(12-14-20)24(29)27-15-6-16-28(18-17-27)25(30)22-9-4-5-10-23(22)31-21-7-2-1-3-8-21/h1-5,7-14H,6,15-18H2. The van der Waals surface area contributed by atoms with Crippen LogP contribution >= 0.6 is 0 Å². The van der Waals surface area contributed by atoms with Crippen molar-refractivity contribution in [1.82, 2.24) is 9.80 Å². The highest BCUT2D eigenvalue weighted by Gasteiger charge is 2.25.